The summed E-state index contributed by atoms with van der Waals surface area (Å²) in [5.41, 5.74) is 2.65. The predicted octanol–water partition coefficient (Wildman–Crippen LogP) is 2.25. The van der Waals surface area contributed by atoms with E-state index in [1.165, 1.54) is 16.8 Å². The number of nitrogens with zero attached hydrogens (tertiary/aromatic N) is 3. The fourth-order valence-electron chi connectivity index (χ4n) is 4.55. The molecule has 32 heavy (non-hydrogen) atoms. The number of anilines is 2. The van der Waals surface area contributed by atoms with Crippen molar-refractivity contribution in [3.05, 3.63) is 35.3 Å². The first-order chi connectivity index (χ1) is 15.5. The number of amides is 3. The zero-order valence-electron chi connectivity index (χ0n) is 17.6. The minimum Gasteiger partial charge on any atom is -0.483 e. The lowest BCUT2D eigenvalue weighted by molar-refractivity contribution is -0.135. The Bertz CT molecular complexity index is 983. The summed E-state index contributed by atoms with van der Waals surface area (Å²) in [6.45, 7) is 2.33. The van der Waals surface area contributed by atoms with Gasteiger partial charge in [-0.15, -0.1) is 10.2 Å². The topological polar surface area (TPSA) is 142 Å². The highest BCUT2D eigenvalue weighted by molar-refractivity contribution is 7.13. The third-order valence-corrected chi connectivity index (χ3v) is 6.41. The number of hydrogen-bond donors (Lipinski definition) is 3. The molecule has 3 heterocycles. The first-order valence-corrected chi connectivity index (χ1v) is 11.2. The van der Waals surface area contributed by atoms with Gasteiger partial charge < -0.3 is 20.6 Å². The van der Waals surface area contributed by atoms with E-state index in [1.54, 1.807) is 0 Å². The second-order valence-electron chi connectivity index (χ2n) is 7.51. The molecule has 1 fully saturated rings. The molecule has 1 aromatic heterocycles. The first kappa shape index (κ1) is 23.3. The van der Waals surface area contributed by atoms with Crippen molar-refractivity contribution in [2.24, 2.45) is 0 Å². The SMILES string of the molecule is CCC[C@@H]1N(C(=O)CCC(=O)Nc2nncs2)CC[C@]12C(=O)Nc1ccccc12.O=CO. The van der Waals surface area contributed by atoms with Crippen LogP contribution in [0.25, 0.3) is 0 Å². The fraction of sp³-hybridized carbons (Fsp3) is 0.429. The molecule has 2 aliphatic rings. The van der Waals surface area contributed by atoms with E-state index in [1.807, 2.05) is 29.2 Å². The molecular weight excluding hydrogens is 434 g/mol. The third kappa shape index (κ3) is 4.47. The number of carbonyl (C=O) groups excluding carboxylic acids is 3. The van der Waals surface area contributed by atoms with Crippen LogP contribution < -0.4 is 10.6 Å². The Labute approximate surface area is 189 Å². The van der Waals surface area contributed by atoms with Crippen LogP contribution in [0.4, 0.5) is 10.8 Å². The van der Waals surface area contributed by atoms with Gasteiger partial charge in [0.25, 0.3) is 6.47 Å². The van der Waals surface area contributed by atoms with E-state index in [0.717, 1.165) is 24.1 Å². The average Bonchev–Trinajstić information content (AvgIpc) is 3.48. The minimum atomic E-state index is -0.697. The number of aromatic nitrogens is 2. The highest BCUT2D eigenvalue weighted by Gasteiger charge is 2.58. The van der Waals surface area contributed by atoms with Gasteiger partial charge in [-0.1, -0.05) is 42.9 Å². The van der Waals surface area contributed by atoms with Crippen LogP contribution in [-0.2, 0) is 24.6 Å². The number of fused-ring (bicyclic) bond motifs is 2. The van der Waals surface area contributed by atoms with E-state index in [2.05, 4.69) is 27.8 Å². The van der Waals surface area contributed by atoms with Crippen LogP contribution in [0.1, 0.15) is 44.6 Å². The van der Waals surface area contributed by atoms with Crippen LogP contribution in [0, 0.1) is 0 Å². The second kappa shape index (κ2) is 10.3. The number of hydrogen-bond acceptors (Lipinski definition) is 7. The van der Waals surface area contributed by atoms with Gasteiger partial charge in [0.05, 0.1) is 11.5 Å². The monoisotopic (exact) mass is 459 g/mol. The van der Waals surface area contributed by atoms with Gasteiger partial charge in [-0.05, 0) is 24.5 Å². The maximum Gasteiger partial charge on any atom is 0.290 e. The first-order valence-electron chi connectivity index (χ1n) is 10.3. The smallest absolute Gasteiger partial charge is 0.290 e. The summed E-state index contributed by atoms with van der Waals surface area (Å²) in [5.74, 6) is -0.383. The van der Waals surface area contributed by atoms with Crippen molar-refractivity contribution < 1.29 is 24.3 Å². The Balaban J connectivity index is 0.000000913. The maximum atomic E-state index is 13.0. The number of carboxylic acid groups (broad SMARTS) is 1. The van der Waals surface area contributed by atoms with Gasteiger partial charge in [0.15, 0.2) is 0 Å². The Morgan fingerprint density at radius 1 is 1.38 bits per heavy atom. The standard InChI is InChI=1S/C20H23N5O3S.CH2O2/c1-2-5-15-20(13-6-3-4-7-14(13)22-18(20)28)10-11-25(15)17(27)9-8-16(26)23-19-24-21-12-29-19;2-1-3/h3-4,6-7,12,15H,2,5,8-11H2,1H3,(H,22,28)(H,23,24,26);1H,(H,2,3)/t15-,20+;/m0./s1. The van der Waals surface area contributed by atoms with Crippen LogP contribution in [0.2, 0.25) is 0 Å². The molecule has 4 rings (SSSR count). The lowest BCUT2D eigenvalue weighted by atomic mass is 9.73. The zero-order chi connectivity index (χ0) is 23.1. The van der Waals surface area contributed by atoms with Crippen molar-refractivity contribution in [3.8, 4) is 0 Å². The number of likely N-dealkylation sites (tertiary alicyclic amines) is 1. The quantitative estimate of drug-likeness (QED) is 0.563. The summed E-state index contributed by atoms with van der Waals surface area (Å²) in [4.78, 5) is 48.3. The summed E-state index contributed by atoms with van der Waals surface area (Å²) in [7, 11) is 0. The molecule has 2 atom stereocenters. The lowest BCUT2D eigenvalue weighted by Gasteiger charge is -2.34. The second-order valence-corrected chi connectivity index (χ2v) is 8.34. The van der Waals surface area contributed by atoms with Crippen molar-refractivity contribution in [3.63, 3.8) is 0 Å². The summed E-state index contributed by atoms with van der Waals surface area (Å²) in [6.07, 6.45) is 2.38. The molecule has 2 aliphatic heterocycles. The maximum absolute atomic E-state index is 13.0. The van der Waals surface area contributed by atoms with Gasteiger partial charge >= 0.3 is 0 Å². The molecule has 170 valence electrons. The summed E-state index contributed by atoms with van der Waals surface area (Å²) < 4.78 is 0. The molecule has 0 radical (unpaired) electrons. The Hall–Kier alpha value is -3.34. The molecule has 0 saturated carbocycles. The summed E-state index contributed by atoms with van der Waals surface area (Å²) in [6, 6.07) is 7.54. The van der Waals surface area contributed by atoms with Crippen LogP contribution in [0.5, 0.6) is 0 Å². The highest BCUT2D eigenvalue weighted by atomic mass is 32.1. The van der Waals surface area contributed by atoms with E-state index in [-0.39, 0.29) is 43.1 Å². The van der Waals surface area contributed by atoms with Crippen molar-refractivity contribution in [1.82, 2.24) is 15.1 Å². The van der Waals surface area contributed by atoms with Gasteiger partial charge in [0, 0.05) is 25.1 Å². The predicted molar refractivity (Wildman–Crippen MR) is 118 cm³/mol. The molecular formula is C21H25N5O5S. The largest absolute Gasteiger partial charge is 0.483 e. The molecule has 11 heteroatoms. The van der Waals surface area contributed by atoms with Gasteiger partial charge in [0.1, 0.15) is 5.51 Å². The normalized spacial score (nSPS) is 20.8. The van der Waals surface area contributed by atoms with Crippen LogP contribution in [0.15, 0.2) is 29.8 Å². The summed E-state index contributed by atoms with van der Waals surface area (Å²) >= 11 is 1.23. The van der Waals surface area contributed by atoms with Crippen molar-refractivity contribution in [2.75, 3.05) is 17.2 Å². The number of nitrogens with one attached hydrogen (secondary N) is 2. The Morgan fingerprint density at radius 3 is 2.81 bits per heavy atom. The Kier molecular flexibility index (Phi) is 7.52. The van der Waals surface area contributed by atoms with Crippen LogP contribution in [-0.4, -0.2) is 57.0 Å². The molecule has 3 N–H and O–H groups in total. The van der Waals surface area contributed by atoms with Crippen molar-refractivity contribution in [2.45, 2.75) is 50.5 Å². The van der Waals surface area contributed by atoms with E-state index in [9.17, 15) is 14.4 Å². The van der Waals surface area contributed by atoms with Gasteiger partial charge in [-0.3, -0.25) is 19.2 Å². The zero-order valence-corrected chi connectivity index (χ0v) is 18.4. The van der Waals surface area contributed by atoms with E-state index < -0.39 is 5.41 Å². The van der Waals surface area contributed by atoms with Crippen LogP contribution >= 0.6 is 11.3 Å². The van der Waals surface area contributed by atoms with E-state index >= 15 is 0 Å². The van der Waals surface area contributed by atoms with Crippen molar-refractivity contribution >= 4 is 46.3 Å². The lowest BCUT2D eigenvalue weighted by Crippen LogP contribution is -2.48. The van der Waals surface area contributed by atoms with E-state index in [4.69, 9.17) is 9.90 Å². The fourth-order valence-corrected chi connectivity index (χ4v) is 5.01. The molecule has 0 aliphatic carbocycles. The number of benzene rings is 1. The molecule has 0 bridgehead atoms. The molecule has 1 saturated heterocycles. The van der Waals surface area contributed by atoms with Gasteiger partial charge in [0.2, 0.25) is 22.9 Å². The Morgan fingerprint density at radius 2 is 2.12 bits per heavy atom. The molecule has 0 unspecified atom stereocenters. The molecule has 1 spiro atoms. The van der Waals surface area contributed by atoms with Gasteiger partial charge in [-0.25, -0.2) is 0 Å². The molecule has 10 nitrogen and oxygen atoms in total. The van der Waals surface area contributed by atoms with E-state index in [0.29, 0.717) is 18.1 Å². The molecule has 2 aromatic rings. The highest BCUT2D eigenvalue weighted by Crippen LogP contribution is 2.49. The number of para-hydroxylation sites is 1. The number of rotatable bonds is 6. The minimum absolute atomic E-state index is 0.0264. The number of carbonyl (C=O) groups is 4. The summed E-state index contributed by atoms with van der Waals surface area (Å²) in [5, 5.41) is 20.4. The molecule has 3 amide bonds. The van der Waals surface area contributed by atoms with Crippen molar-refractivity contribution in [1.29, 1.82) is 0 Å². The van der Waals surface area contributed by atoms with Gasteiger partial charge in [-0.2, -0.15) is 0 Å². The average molecular weight is 460 g/mol. The van der Waals surface area contributed by atoms with Crippen LogP contribution in [0.3, 0.4) is 0 Å². The third-order valence-electron chi connectivity index (χ3n) is 5.81. The molecule has 1 aromatic carbocycles.